The standard InChI is InChI=1S/C19H11F7N2O4S2/c20-17(21,18(22,23)24)19(25,26)34-11-6-2-1-5-10(11)28-13(29)8-12(15(28)30)33-14-9(16(31)32)4-3-7-27-14/h1-7,12H,8H2,(H,31,32)/t12-/m1/s1. The van der Waals surface area contributed by atoms with Gasteiger partial charge in [0.25, 0.3) is 0 Å². The van der Waals surface area contributed by atoms with Crippen molar-refractivity contribution < 1.29 is 50.2 Å². The number of carboxylic acids is 1. The molecule has 1 aliphatic heterocycles. The number of carboxylic acid groups (broad SMARTS) is 1. The zero-order valence-corrected chi connectivity index (χ0v) is 18.0. The van der Waals surface area contributed by atoms with Gasteiger partial charge in [0.05, 0.1) is 16.5 Å². The highest BCUT2D eigenvalue weighted by molar-refractivity contribution is 8.01. The van der Waals surface area contributed by atoms with Gasteiger partial charge in [0.15, 0.2) is 0 Å². The molecule has 0 spiro atoms. The fourth-order valence-electron chi connectivity index (χ4n) is 2.83. The molecule has 3 rings (SSSR count). The first-order valence-electron chi connectivity index (χ1n) is 8.99. The van der Waals surface area contributed by atoms with Crippen LogP contribution in [-0.2, 0) is 9.59 Å². The lowest BCUT2D eigenvalue weighted by Gasteiger charge is -2.28. The van der Waals surface area contributed by atoms with Crippen molar-refractivity contribution in [3.05, 3.63) is 48.2 Å². The van der Waals surface area contributed by atoms with Crippen molar-refractivity contribution in [3.8, 4) is 0 Å². The van der Waals surface area contributed by atoms with E-state index in [1.54, 1.807) is 0 Å². The van der Waals surface area contributed by atoms with Gasteiger partial charge in [-0.3, -0.25) is 9.59 Å². The van der Waals surface area contributed by atoms with Crippen molar-refractivity contribution >= 4 is 47.0 Å². The molecule has 2 aromatic rings. The first-order chi connectivity index (χ1) is 15.7. The van der Waals surface area contributed by atoms with Gasteiger partial charge in [-0.25, -0.2) is 14.7 Å². The van der Waals surface area contributed by atoms with Crippen LogP contribution in [0.4, 0.5) is 36.4 Å². The normalized spacial score (nSPS) is 17.4. The molecule has 1 saturated heterocycles. The molecule has 0 saturated carbocycles. The van der Waals surface area contributed by atoms with Crippen molar-refractivity contribution in [2.24, 2.45) is 0 Å². The molecule has 1 aliphatic rings. The monoisotopic (exact) mass is 528 g/mol. The third-order valence-electron chi connectivity index (χ3n) is 4.43. The summed E-state index contributed by atoms with van der Waals surface area (Å²) in [6.07, 6.45) is -5.83. The van der Waals surface area contributed by atoms with E-state index in [0.29, 0.717) is 16.7 Å². The largest absolute Gasteiger partial charge is 0.478 e. The Kier molecular flexibility index (Phi) is 6.90. The number of rotatable bonds is 7. The Labute approximate surface area is 194 Å². The Bertz CT molecular complexity index is 1140. The maximum atomic E-state index is 14.0. The molecule has 1 N–H and O–H groups in total. The Morgan fingerprint density at radius 3 is 2.29 bits per heavy atom. The SMILES string of the molecule is O=C(O)c1cccnc1S[C@@H]1CC(=O)N(c2ccccc2SC(F)(F)C(F)(F)C(F)(F)F)C1=O. The zero-order valence-electron chi connectivity index (χ0n) is 16.4. The van der Waals surface area contributed by atoms with Gasteiger partial charge < -0.3 is 5.11 Å². The number of para-hydroxylation sites is 1. The van der Waals surface area contributed by atoms with E-state index < -0.39 is 69.2 Å². The molecular weight excluding hydrogens is 517 g/mol. The first-order valence-corrected chi connectivity index (χ1v) is 10.7. The van der Waals surface area contributed by atoms with Crippen LogP contribution in [0.3, 0.4) is 0 Å². The van der Waals surface area contributed by atoms with Gasteiger partial charge in [-0.1, -0.05) is 23.9 Å². The van der Waals surface area contributed by atoms with E-state index >= 15 is 0 Å². The van der Waals surface area contributed by atoms with Gasteiger partial charge in [-0.15, -0.1) is 0 Å². The minimum absolute atomic E-state index is 0.109. The fourth-order valence-corrected chi connectivity index (χ4v) is 4.86. The lowest BCUT2D eigenvalue weighted by atomic mass is 10.3. The van der Waals surface area contributed by atoms with E-state index in [1.807, 2.05) is 0 Å². The molecule has 2 amide bonds. The van der Waals surface area contributed by atoms with Crippen LogP contribution in [0, 0.1) is 0 Å². The first kappa shape index (κ1) is 25.8. The van der Waals surface area contributed by atoms with Crippen LogP contribution in [0.2, 0.25) is 0 Å². The summed E-state index contributed by atoms with van der Waals surface area (Å²) in [6, 6.07) is 6.45. The summed E-state index contributed by atoms with van der Waals surface area (Å²) in [5.41, 5.74) is -0.876. The Balaban J connectivity index is 1.92. The van der Waals surface area contributed by atoms with Crippen molar-refractivity contribution in [1.29, 1.82) is 0 Å². The van der Waals surface area contributed by atoms with E-state index in [9.17, 15) is 50.2 Å². The number of halogens is 7. The number of hydrogen-bond acceptors (Lipinski definition) is 6. The number of alkyl halides is 7. The molecule has 182 valence electrons. The third-order valence-corrected chi connectivity index (χ3v) is 6.71. The average Bonchev–Trinajstić information content (AvgIpc) is 3.00. The summed E-state index contributed by atoms with van der Waals surface area (Å²) in [5.74, 6) is -9.72. The molecule has 6 nitrogen and oxygen atoms in total. The number of pyridine rings is 1. The van der Waals surface area contributed by atoms with E-state index in [4.69, 9.17) is 0 Å². The van der Waals surface area contributed by atoms with Gasteiger partial charge >= 0.3 is 23.3 Å². The van der Waals surface area contributed by atoms with Crippen molar-refractivity contribution in [3.63, 3.8) is 0 Å². The Hall–Kier alpha value is -2.81. The summed E-state index contributed by atoms with van der Waals surface area (Å²) in [5, 5.41) is 2.21. The number of aromatic carboxylic acids is 1. The molecule has 34 heavy (non-hydrogen) atoms. The number of carbonyl (C=O) groups is 3. The molecule has 1 fully saturated rings. The predicted octanol–water partition coefficient (Wildman–Crippen LogP) is 5.09. The van der Waals surface area contributed by atoms with E-state index in [2.05, 4.69) is 4.98 Å². The number of amides is 2. The highest BCUT2D eigenvalue weighted by Crippen LogP contribution is 2.55. The highest BCUT2D eigenvalue weighted by Gasteiger charge is 2.73. The van der Waals surface area contributed by atoms with Crippen LogP contribution in [0.1, 0.15) is 16.8 Å². The number of thioether (sulfide) groups is 2. The number of anilines is 1. The van der Waals surface area contributed by atoms with Gasteiger partial charge in [-0.05, 0) is 36.0 Å². The molecule has 1 aromatic heterocycles. The zero-order chi connectivity index (χ0) is 25.5. The highest BCUT2D eigenvalue weighted by atomic mass is 32.2. The van der Waals surface area contributed by atoms with Crippen LogP contribution >= 0.6 is 23.5 Å². The van der Waals surface area contributed by atoms with Crippen LogP contribution < -0.4 is 4.90 Å². The number of nitrogens with zero attached hydrogens (tertiary/aromatic N) is 2. The summed E-state index contributed by atoms with van der Waals surface area (Å²) in [4.78, 5) is 40.1. The third kappa shape index (κ3) is 4.71. The van der Waals surface area contributed by atoms with E-state index in [-0.39, 0.29) is 10.6 Å². The van der Waals surface area contributed by atoms with Crippen LogP contribution in [0.15, 0.2) is 52.5 Å². The van der Waals surface area contributed by atoms with Crippen molar-refractivity contribution in [2.45, 2.75) is 38.9 Å². The second-order valence-electron chi connectivity index (χ2n) is 6.70. The second kappa shape index (κ2) is 9.09. The number of carbonyl (C=O) groups excluding carboxylic acids is 2. The second-order valence-corrected chi connectivity index (χ2v) is 9.05. The molecular formula is C19H11F7N2O4S2. The maximum Gasteiger partial charge on any atom is 0.460 e. The summed E-state index contributed by atoms with van der Waals surface area (Å²) in [6.45, 7) is 0. The number of hydrogen-bond donors (Lipinski definition) is 1. The number of imide groups is 1. The topological polar surface area (TPSA) is 87.6 Å². The molecule has 15 heteroatoms. The van der Waals surface area contributed by atoms with Crippen molar-refractivity contribution in [1.82, 2.24) is 4.98 Å². The molecule has 0 bridgehead atoms. The maximum absolute atomic E-state index is 14.0. The van der Waals surface area contributed by atoms with Gasteiger partial charge in [0, 0.05) is 17.5 Å². The molecule has 0 aliphatic carbocycles. The summed E-state index contributed by atoms with van der Waals surface area (Å²) in [7, 11) is 0. The quantitative estimate of drug-likeness (QED) is 0.305. The van der Waals surface area contributed by atoms with Gasteiger partial charge in [0.1, 0.15) is 5.03 Å². The lowest BCUT2D eigenvalue weighted by Crippen LogP contribution is -2.50. The Morgan fingerprint density at radius 1 is 1.03 bits per heavy atom. The fraction of sp³-hybridized carbons (Fsp3) is 0.263. The minimum atomic E-state index is -6.55. The molecule has 1 aromatic carbocycles. The molecule has 2 heterocycles. The van der Waals surface area contributed by atoms with Crippen LogP contribution in [-0.4, -0.2) is 50.5 Å². The van der Waals surface area contributed by atoms with E-state index in [1.165, 1.54) is 24.4 Å². The molecule has 1 atom stereocenters. The number of aromatic nitrogens is 1. The van der Waals surface area contributed by atoms with Crippen molar-refractivity contribution in [2.75, 3.05) is 4.90 Å². The Morgan fingerprint density at radius 2 is 1.68 bits per heavy atom. The molecule has 0 unspecified atom stereocenters. The summed E-state index contributed by atoms with van der Waals surface area (Å²) >= 11 is -0.522. The predicted molar refractivity (Wildman–Crippen MR) is 106 cm³/mol. The minimum Gasteiger partial charge on any atom is -0.478 e. The summed E-state index contributed by atoms with van der Waals surface area (Å²) < 4.78 is 92.1. The van der Waals surface area contributed by atoms with E-state index in [0.717, 1.165) is 18.2 Å². The number of benzene rings is 1. The lowest BCUT2D eigenvalue weighted by molar-refractivity contribution is -0.330. The van der Waals surface area contributed by atoms with Crippen LogP contribution in [0.25, 0.3) is 0 Å². The van der Waals surface area contributed by atoms with Gasteiger partial charge in [0.2, 0.25) is 11.8 Å². The molecule has 0 radical (unpaired) electrons. The smallest absolute Gasteiger partial charge is 0.460 e. The van der Waals surface area contributed by atoms with Gasteiger partial charge in [-0.2, -0.15) is 30.7 Å². The average molecular weight is 528 g/mol. The van der Waals surface area contributed by atoms with Crippen LogP contribution in [0.5, 0.6) is 0 Å².